The first-order chi connectivity index (χ1) is 15.2. The fourth-order valence-corrected chi connectivity index (χ4v) is 6.33. The van der Waals surface area contributed by atoms with E-state index in [0.717, 1.165) is 55.4 Å². The molecular formula is C24H34N4O3S. The molecule has 1 aromatic heterocycles. The minimum absolute atomic E-state index is 0.0470. The molecule has 32 heavy (non-hydrogen) atoms. The van der Waals surface area contributed by atoms with E-state index in [4.69, 9.17) is 4.98 Å². The monoisotopic (exact) mass is 458 g/mol. The molecule has 0 bridgehead atoms. The molecule has 2 aliphatic rings. The number of hydrogen-bond acceptors (Lipinski definition) is 5. The number of hydrogen-bond donors (Lipinski definition) is 2. The Bertz CT molecular complexity index is 1110. The smallest absolute Gasteiger partial charge is 0.240 e. The molecule has 174 valence electrons. The molecule has 4 rings (SSSR count). The number of amides is 1. The van der Waals surface area contributed by atoms with Gasteiger partial charge < -0.3 is 10.2 Å². The Balaban J connectivity index is 1.50. The van der Waals surface area contributed by atoms with Crippen LogP contribution < -0.4 is 14.9 Å². The van der Waals surface area contributed by atoms with Crippen molar-refractivity contribution in [2.75, 3.05) is 31.6 Å². The van der Waals surface area contributed by atoms with Gasteiger partial charge >= 0.3 is 0 Å². The molecule has 1 aliphatic heterocycles. The Labute approximate surface area is 191 Å². The maximum atomic E-state index is 12.9. The number of pyridine rings is 1. The van der Waals surface area contributed by atoms with Gasteiger partial charge in [-0.1, -0.05) is 19.8 Å². The van der Waals surface area contributed by atoms with E-state index in [1.54, 1.807) is 25.2 Å². The highest BCUT2D eigenvalue weighted by Gasteiger charge is 2.40. The molecule has 1 aromatic carbocycles. The largest absolute Gasteiger partial charge is 0.359 e. The Morgan fingerprint density at radius 1 is 1.19 bits per heavy atom. The van der Waals surface area contributed by atoms with Gasteiger partial charge in [-0.3, -0.25) is 4.79 Å². The van der Waals surface area contributed by atoms with Crippen molar-refractivity contribution in [1.29, 1.82) is 0 Å². The number of benzene rings is 1. The summed E-state index contributed by atoms with van der Waals surface area (Å²) in [7, 11) is -1.90. The van der Waals surface area contributed by atoms with Gasteiger partial charge in [0.1, 0.15) is 5.82 Å². The number of anilines is 1. The van der Waals surface area contributed by atoms with Crippen LogP contribution in [0.4, 0.5) is 5.82 Å². The van der Waals surface area contributed by atoms with Crippen LogP contribution in [0.2, 0.25) is 0 Å². The Morgan fingerprint density at radius 3 is 2.62 bits per heavy atom. The summed E-state index contributed by atoms with van der Waals surface area (Å²) in [5.74, 6) is 0.858. The van der Waals surface area contributed by atoms with Crippen molar-refractivity contribution in [2.24, 2.45) is 10.8 Å². The molecule has 1 unspecified atom stereocenters. The number of nitrogens with zero attached hydrogens (tertiary/aromatic N) is 2. The van der Waals surface area contributed by atoms with Gasteiger partial charge in [-0.2, -0.15) is 0 Å². The minimum atomic E-state index is -3.57. The lowest BCUT2D eigenvalue weighted by Crippen LogP contribution is -2.42. The van der Waals surface area contributed by atoms with Crippen LogP contribution in [0.15, 0.2) is 35.2 Å². The zero-order valence-corrected chi connectivity index (χ0v) is 20.1. The van der Waals surface area contributed by atoms with Crippen LogP contribution in [-0.2, 0) is 14.8 Å². The number of carbonyl (C=O) groups excluding carboxylic acids is 1. The van der Waals surface area contributed by atoms with Gasteiger partial charge in [-0.15, -0.1) is 0 Å². The van der Waals surface area contributed by atoms with Crippen LogP contribution in [0.5, 0.6) is 0 Å². The highest BCUT2D eigenvalue weighted by molar-refractivity contribution is 7.89. The molecule has 1 atom stereocenters. The maximum absolute atomic E-state index is 12.9. The van der Waals surface area contributed by atoms with Crippen LogP contribution in [0, 0.1) is 10.8 Å². The number of nitrogens with one attached hydrogen (secondary N) is 2. The number of rotatable bonds is 8. The van der Waals surface area contributed by atoms with Gasteiger partial charge in [-0.05, 0) is 68.4 Å². The summed E-state index contributed by atoms with van der Waals surface area (Å²) < 4.78 is 28.7. The molecule has 1 saturated carbocycles. The number of aromatic nitrogens is 1. The highest BCUT2D eigenvalue weighted by Crippen LogP contribution is 2.44. The van der Waals surface area contributed by atoms with Crippen molar-refractivity contribution in [3.05, 3.63) is 30.3 Å². The van der Waals surface area contributed by atoms with Crippen molar-refractivity contribution in [3.63, 3.8) is 0 Å². The number of carbonyl (C=O) groups is 1. The molecule has 7 nitrogen and oxygen atoms in total. The van der Waals surface area contributed by atoms with E-state index < -0.39 is 15.4 Å². The molecule has 0 spiro atoms. The van der Waals surface area contributed by atoms with Crippen LogP contribution in [-0.4, -0.2) is 46.0 Å². The van der Waals surface area contributed by atoms with E-state index in [0.29, 0.717) is 13.1 Å². The SMILES string of the molecule is CCCC1(CNS(=O)(=O)c2ccc3nc(N4CCC(C)(C(=O)NC)C4)ccc3c2)CCC1. The molecule has 2 fully saturated rings. The van der Waals surface area contributed by atoms with Gasteiger partial charge in [0.15, 0.2) is 0 Å². The van der Waals surface area contributed by atoms with Crippen molar-refractivity contribution in [2.45, 2.75) is 57.3 Å². The van der Waals surface area contributed by atoms with Crippen molar-refractivity contribution in [3.8, 4) is 0 Å². The van der Waals surface area contributed by atoms with Gasteiger partial charge in [0.25, 0.3) is 0 Å². The second-order valence-electron chi connectivity index (χ2n) is 9.76. The second kappa shape index (κ2) is 8.63. The van der Waals surface area contributed by atoms with Crippen molar-refractivity contribution >= 4 is 32.7 Å². The lowest BCUT2D eigenvalue weighted by Gasteiger charge is -2.42. The Morgan fingerprint density at radius 2 is 1.97 bits per heavy atom. The van der Waals surface area contributed by atoms with E-state index in [1.165, 1.54) is 6.42 Å². The fraction of sp³-hybridized carbons (Fsp3) is 0.583. The summed E-state index contributed by atoms with van der Waals surface area (Å²) in [5, 5.41) is 3.54. The van der Waals surface area contributed by atoms with E-state index in [2.05, 4.69) is 21.9 Å². The molecule has 2 N–H and O–H groups in total. The summed E-state index contributed by atoms with van der Waals surface area (Å²) in [6.45, 7) is 6.02. The third kappa shape index (κ3) is 4.35. The molecule has 1 aliphatic carbocycles. The molecule has 1 amide bonds. The molecule has 2 aromatic rings. The molecule has 1 saturated heterocycles. The van der Waals surface area contributed by atoms with Gasteiger partial charge in [0.2, 0.25) is 15.9 Å². The normalized spacial score (nSPS) is 22.7. The lowest BCUT2D eigenvalue weighted by atomic mass is 9.66. The molecule has 0 radical (unpaired) electrons. The predicted octanol–water partition coefficient (Wildman–Crippen LogP) is 3.45. The lowest BCUT2D eigenvalue weighted by molar-refractivity contribution is -0.128. The summed E-state index contributed by atoms with van der Waals surface area (Å²) in [6, 6.07) is 8.92. The fourth-order valence-electron chi connectivity index (χ4n) is 5.13. The van der Waals surface area contributed by atoms with Crippen LogP contribution in [0.1, 0.15) is 52.4 Å². The van der Waals surface area contributed by atoms with E-state index in [1.807, 2.05) is 19.1 Å². The maximum Gasteiger partial charge on any atom is 0.240 e. The predicted molar refractivity (Wildman–Crippen MR) is 127 cm³/mol. The quantitative estimate of drug-likeness (QED) is 0.632. The zero-order valence-electron chi connectivity index (χ0n) is 19.3. The molecule has 8 heteroatoms. The first kappa shape index (κ1) is 23.0. The van der Waals surface area contributed by atoms with Crippen LogP contribution >= 0.6 is 0 Å². The van der Waals surface area contributed by atoms with Crippen molar-refractivity contribution in [1.82, 2.24) is 15.0 Å². The average Bonchev–Trinajstić information content (AvgIpc) is 3.17. The zero-order chi connectivity index (χ0) is 23.0. The van der Waals surface area contributed by atoms with Crippen molar-refractivity contribution < 1.29 is 13.2 Å². The van der Waals surface area contributed by atoms with Gasteiger partial charge in [0, 0.05) is 32.1 Å². The topological polar surface area (TPSA) is 91.4 Å². The molecule has 2 heterocycles. The minimum Gasteiger partial charge on any atom is -0.359 e. The summed E-state index contributed by atoms with van der Waals surface area (Å²) in [5.41, 5.74) is 0.454. The summed E-state index contributed by atoms with van der Waals surface area (Å²) >= 11 is 0. The van der Waals surface area contributed by atoms with Gasteiger partial charge in [-0.25, -0.2) is 18.1 Å². The first-order valence-electron chi connectivity index (χ1n) is 11.6. The Kier molecular flexibility index (Phi) is 6.20. The second-order valence-corrected chi connectivity index (χ2v) is 11.5. The molecular weight excluding hydrogens is 424 g/mol. The number of sulfonamides is 1. The van der Waals surface area contributed by atoms with Crippen LogP contribution in [0.3, 0.4) is 0 Å². The standard InChI is InChI=1S/C24H34N4O3S/c1-4-10-24(11-5-12-24)16-26-32(30,31)19-7-8-20-18(15-19)6-9-21(27-20)28-14-13-23(2,17-28)22(29)25-3/h6-9,15,26H,4-5,10-14,16-17H2,1-3H3,(H,25,29). The highest BCUT2D eigenvalue weighted by atomic mass is 32.2. The summed E-state index contributed by atoms with van der Waals surface area (Å²) in [4.78, 5) is 19.3. The third-order valence-corrected chi connectivity index (χ3v) is 8.76. The Hall–Kier alpha value is -2.19. The summed E-state index contributed by atoms with van der Waals surface area (Å²) in [6.07, 6.45) is 6.30. The van der Waals surface area contributed by atoms with Crippen LogP contribution in [0.25, 0.3) is 10.9 Å². The van der Waals surface area contributed by atoms with Gasteiger partial charge in [0.05, 0.1) is 15.8 Å². The average molecular weight is 459 g/mol. The third-order valence-electron chi connectivity index (χ3n) is 7.36. The van der Waals surface area contributed by atoms with E-state index in [9.17, 15) is 13.2 Å². The van der Waals surface area contributed by atoms with E-state index in [-0.39, 0.29) is 16.2 Å². The van der Waals surface area contributed by atoms with E-state index >= 15 is 0 Å². The first-order valence-corrected chi connectivity index (χ1v) is 13.1. The number of fused-ring (bicyclic) bond motifs is 1.